The Morgan fingerprint density at radius 2 is 1.28 bits per heavy atom. The summed E-state index contributed by atoms with van der Waals surface area (Å²) in [6, 6.07) is 0. The van der Waals surface area contributed by atoms with Crippen LogP contribution in [0.25, 0.3) is 0 Å². The average Bonchev–Trinajstić information content (AvgIpc) is 2.55. The zero-order valence-electron chi connectivity index (χ0n) is 16.6. The van der Waals surface area contributed by atoms with Gasteiger partial charge in [-0.3, -0.25) is 0 Å². The Labute approximate surface area is 152 Å². The predicted molar refractivity (Wildman–Crippen MR) is 93.3 cm³/mol. The Balaban J connectivity index is 0. The molecule has 0 unspecified atom stereocenters. The van der Waals surface area contributed by atoms with Gasteiger partial charge in [0.2, 0.25) is 0 Å². The summed E-state index contributed by atoms with van der Waals surface area (Å²) in [6.45, 7) is 8.94. The molecule has 0 saturated carbocycles. The fraction of sp³-hybridized carbons (Fsp3) is 0.941. The summed E-state index contributed by atoms with van der Waals surface area (Å²) < 4.78 is 26.1. The van der Waals surface area contributed by atoms with Gasteiger partial charge in [0, 0.05) is 33.2 Å². The number of likely N-dealkylation sites (N-methyl/N-ethyl adjacent to an activating group) is 1. The highest BCUT2D eigenvalue weighted by Crippen LogP contribution is 1.96. The van der Waals surface area contributed by atoms with Gasteiger partial charge >= 0.3 is 0 Å². The van der Waals surface area contributed by atoms with Crippen molar-refractivity contribution in [1.29, 1.82) is 0 Å². The molecule has 0 radical (unpaired) electrons. The normalized spacial score (nSPS) is 11.1. The maximum Gasteiger partial charge on any atom is 0.102 e. The minimum absolute atomic E-state index is 0.0519. The molecule has 0 fully saturated rings. The van der Waals surface area contributed by atoms with Crippen molar-refractivity contribution in [1.82, 2.24) is 0 Å². The number of aliphatic carboxylic acids is 1. The quantitative estimate of drug-likeness (QED) is 0.270. The summed E-state index contributed by atoms with van der Waals surface area (Å²) in [7, 11) is 7.63. The molecule has 0 aliphatic heterocycles. The summed E-state index contributed by atoms with van der Waals surface area (Å²) >= 11 is 0. The number of nitrogens with zero attached hydrogens (tertiary/aromatic N) is 1. The van der Waals surface area contributed by atoms with E-state index < -0.39 is 5.97 Å². The number of carbonyl (C=O) groups is 1. The number of carboxylic acid groups (broad SMARTS) is 1. The molecule has 0 saturated heterocycles. The molecule has 0 aromatic rings. The first-order chi connectivity index (χ1) is 11.9. The Hall–Kier alpha value is -0.770. The summed E-state index contributed by atoms with van der Waals surface area (Å²) in [4.78, 5) is 9.81. The van der Waals surface area contributed by atoms with Gasteiger partial charge in [-0.25, -0.2) is 0 Å². The minimum atomic E-state index is -1.09. The summed E-state index contributed by atoms with van der Waals surface area (Å²) in [5, 5.41) is 9.81. The largest absolute Gasteiger partial charge is 0.550 e. The second-order valence-corrected chi connectivity index (χ2v) is 5.91. The van der Waals surface area contributed by atoms with E-state index in [4.69, 9.17) is 18.9 Å². The number of ether oxygens (including phenoxy) is 5. The molecular formula is C17H37NO7. The molecule has 0 aromatic heterocycles. The zero-order valence-corrected chi connectivity index (χ0v) is 16.6. The zero-order chi connectivity index (χ0) is 19.4. The number of hydrogen-bond donors (Lipinski definition) is 0. The molecule has 0 heterocycles. The minimum Gasteiger partial charge on any atom is -0.550 e. The summed E-state index contributed by atoms with van der Waals surface area (Å²) in [5.74, 6) is -1.09. The van der Waals surface area contributed by atoms with Crippen molar-refractivity contribution >= 4 is 5.97 Å². The summed E-state index contributed by atoms with van der Waals surface area (Å²) in [6.07, 6.45) is -0.0519. The summed E-state index contributed by atoms with van der Waals surface area (Å²) in [5.41, 5.74) is 0. The fourth-order valence-corrected chi connectivity index (χ4v) is 1.52. The van der Waals surface area contributed by atoms with Gasteiger partial charge in [-0.1, -0.05) is 0 Å². The third-order valence-corrected chi connectivity index (χ3v) is 3.20. The first-order valence-corrected chi connectivity index (χ1v) is 8.62. The predicted octanol–water partition coefficient (Wildman–Crippen LogP) is -0.448. The Bertz CT molecular complexity index is 288. The number of quaternary nitrogens is 1. The van der Waals surface area contributed by atoms with Crippen LogP contribution in [-0.2, 0) is 28.5 Å². The average molecular weight is 367 g/mol. The van der Waals surface area contributed by atoms with Crippen molar-refractivity contribution in [3.8, 4) is 0 Å². The van der Waals surface area contributed by atoms with Crippen LogP contribution in [-0.4, -0.2) is 105 Å². The SMILES string of the molecule is CCOCC[N+](C)(C)CCOCCOC.COCCOCCC(=O)[O-]. The smallest absolute Gasteiger partial charge is 0.102 e. The van der Waals surface area contributed by atoms with E-state index in [2.05, 4.69) is 18.8 Å². The molecule has 0 atom stereocenters. The second-order valence-electron chi connectivity index (χ2n) is 5.91. The van der Waals surface area contributed by atoms with Crippen molar-refractivity contribution in [3.63, 3.8) is 0 Å². The standard InChI is InChI=1S/C11H26NO3.C6H12O4/c1-5-14-8-6-12(2,3)7-9-15-11-10-13-4;1-9-4-5-10-3-2-6(7)8/h5-11H2,1-4H3;2-5H2,1H3,(H,7,8)/q+1;/p-1. The van der Waals surface area contributed by atoms with Crippen molar-refractivity contribution in [2.45, 2.75) is 13.3 Å². The Morgan fingerprint density at radius 3 is 1.72 bits per heavy atom. The molecule has 0 aliphatic rings. The highest BCUT2D eigenvalue weighted by Gasteiger charge is 2.13. The van der Waals surface area contributed by atoms with Crippen LogP contribution in [0.15, 0.2) is 0 Å². The van der Waals surface area contributed by atoms with Crippen LogP contribution >= 0.6 is 0 Å². The fourth-order valence-electron chi connectivity index (χ4n) is 1.52. The van der Waals surface area contributed by atoms with Gasteiger partial charge in [-0.15, -0.1) is 0 Å². The van der Waals surface area contributed by atoms with E-state index in [1.54, 1.807) is 14.2 Å². The number of carboxylic acids is 1. The monoisotopic (exact) mass is 367 g/mol. The van der Waals surface area contributed by atoms with Crippen LogP contribution in [0.5, 0.6) is 0 Å². The van der Waals surface area contributed by atoms with Crippen LogP contribution in [0, 0.1) is 0 Å². The van der Waals surface area contributed by atoms with Crippen LogP contribution in [0.1, 0.15) is 13.3 Å². The Morgan fingerprint density at radius 1 is 0.800 bits per heavy atom. The number of carbonyl (C=O) groups excluding carboxylic acids is 1. The van der Waals surface area contributed by atoms with Gasteiger partial charge in [-0.05, 0) is 6.92 Å². The van der Waals surface area contributed by atoms with E-state index >= 15 is 0 Å². The number of methoxy groups -OCH3 is 2. The van der Waals surface area contributed by atoms with E-state index in [1.165, 1.54) is 0 Å². The number of rotatable bonds is 16. The van der Waals surface area contributed by atoms with Crippen LogP contribution in [0.2, 0.25) is 0 Å². The molecule has 0 rings (SSSR count). The highest BCUT2D eigenvalue weighted by atomic mass is 16.5. The van der Waals surface area contributed by atoms with Gasteiger partial charge < -0.3 is 38.1 Å². The first-order valence-electron chi connectivity index (χ1n) is 8.62. The topological polar surface area (TPSA) is 86.3 Å². The Kier molecular flexibility index (Phi) is 20.7. The maximum atomic E-state index is 9.81. The third-order valence-electron chi connectivity index (χ3n) is 3.20. The van der Waals surface area contributed by atoms with E-state index in [1.807, 2.05) is 6.92 Å². The van der Waals surface area contributed by atoms with Crippen molar-refractivity contribution in [2.75, 3.05) is 94.3 Å². The lowest BCUT2D eigenvalue weighted by atomic mass is 10.4. The van der Waals surface area contributed by atoms with Gasteiger partial charge in [0.15, 0.2) is 0 Å². The van der Waals surface area contributed by atoms with Gasteiger partial charge in [0.25, 0.3) is 0 Å². The third kappa shape index (κ3) is 25.6. The molecule has 0 bridgehead atoms. The second kappa shape index (κ2) is 19.6. The number of hydrogen-bond acceptors (Lipinski definition) is 7. The lowest BCUT2D eigenvalue weighted by molar-refractivity contribution is -0.891. The molecule has 0 amide bonds. The molecule has 25 heavy (non-hydrogen) atoms. The van der Waals surface area contributed by atoms with Crippen LogP contribution in [0.3, 0.4) is 0 Å². The molecule has 0 aromatic carbocycles. The van der Waals surface area contributed by atoms with Crippen molar-refractivity contribution in [3.05, 3.63) is 0 Å². The first kappa shape index (κ1) is 26.5. The van der Waals surface area contributed by atoms with Crippen molar-refractivity contribution < 1.29 is 38.1 Å². The van der Waals surface area contributed by atoms with E-state index in [-0.39, 0.29) is 13.0 Å². The molecule has 8 heteroatoms. The molecule has 0 aliphatic carbocycles. The molecule has 8 nitrogen and oxygen atoms in total. The maximum absolute atomic E-state index is 9.81. The van der Waals surface area contributed by atoms with Gasteiger partial charge in [-0.2, -0.15) is 0 Å². The molecular weight excluding hydrogens is 330 g/mol. The lowest BCUT2D eigenvalue weighted by Gasteiger charge is -2.29. The van der Waals surface area contributed by atoms with Gasteiger partial charge in [0.1, 0.15) is 13.1 Å². The van der Waals surface area contributed by atoms with E-state index in [9.17, 15) is 9.90 Å². The van der Waals surface area contributed by atoms with Crippen molar-refractivity contribution in [2.24, 2.45) is 0 Å². The molecule has 0 N–H and O–H groups in total. The highest BCUT2D eigenvalue weighted by molar-refractivity contribution is 5.64. The molecule has 152 valence electrons. The lowest BCUT2D eigenvalue weighted by Crippen LogP contribution is -2.44. The van der Waals surface area contributed by atoms with Crippen LogP contribution < -0.4 is 5.11 Å². The molecule has 0 spiro atoms. The van der Waals surface area contributed by atoms with E-state index in [0.717, 1.165) is 37.4 Å². The van der Waals surface area contributed by atoms with E-state index in [0.29, 0.717) is 26.4 Å². The van der Waals surface area contributed by atoms with Gasteiger partial charge in [0.05, 0.1) is 60.3 Å². The van der Waals surface area contributed by atoms with Crippen LogP contribution in [0.4, 0.5) is 0 Å².